The number of carbonyl (C=O) groups is 1. The number of carbonyl (C=O) groups excluding carboxylic acids is 1. The number of para-hydroxylation sites is 1. The van der Waals surface area contributed by atoms with Gasteiger partial charge in [-0.05, 0) is 25.5 Å². The van der Waals surface area contributed by atoms with Gasteiger partial charge in [0.05, 0.1) is 0 Å². The molecule has 1 aromatic rings. The molecule has 2 N–H and O–H groups in total. The van der Waals surface area contributed by atoms with Crippen molar-refractivity contribution < 1.29 is 15.0 Å². The number of hydrogen-bond acceptors (Lipinski definition) is 3. The summed E-state index contributed by atoms with van der Waals surface area (Å²) in [7, 11) is 0. The lowest BCUT2D eigenvalue weighted by Crippen LogP contribution is -2.32. The molecule has 0 spiro atoms. The van der Waals surface area contributed by atoms with Gasteiger partial charge in [0, 0.05) is 12.1 Å². The van der Waals surface area contributed by atoms with Gasteiger partial charge >= 0.3 is 0 Å². The van der Waals surface area contributed by atoms with Gasteiger partial charge in [-0.2, -0.15) is 0 Å². The largest absolute Gasteiger partial charge is 0.506 e. The molecule has 4 nitrogen and oxygen atoms in total. The average Bonchev–Trinajstić information content (AvgIpc) is 2.26. The van der Waals surface area contributed by atoms with E-state index < -0.39 is 0 Å². The molecule has 0 radical (unpaired) electrons. The molecular weight excluding hydrogens is 218 g/mol. The Morgan fingerprint density at radius 3 is 2.29 bits per heavy atom. The number of rotatable bonds is 4. The predicted molar refractivity (Wildman–Crippen MR) is 67.2 cm³/mol. The zero-order valence-corrected chi connectivity index (χ0v) is 10.1. The van der Waals surface area contributed by atoms with E-state index in [0.717, 1.165) is 0 Å². The van der Waals surface area contributed by atoms with Crippen LogP contribution in [-0.4, -0.2) is 22.7 Å². The Bertz CT molecular complexity index is 420. The summed E-state index contributed by atoms with van der Waals surface area (Å²) in [5.74, 6) is -0.537. The summed E-state index contributed by atoms with van der Waals surface area (Å²) in [5.41, 5.74) is 0.503. The van der Waals surface area contributed by atoms with Gasteiger partial charge in [0.1, 0.15) is 17.2 Å². The first-order chi connectivity index (χ1) is 7.99. The van der Waals surface area contributed by atoms with Crippen molar-refractivity contribution in [3.8, 4) is 11.5 Å². The molecule has 0 saturated heterocycles. The number of benzene rings is 1. The molecule has 0 saturated carbocycles. The summed E-state index contributed by atoms with van der Waals surface area (Å²) in [6.07, 6.45) is 0.715. The minimum Gasteiger partial charge on any atom is -0.506 e. The van der Waals surface area contributed by atoms with E-state index in [4.69, 9.17) is 0 Å². The van der Waals surface area contributed by atoms with E-state index >= 15 is 0 Å². The quantitative estimate of drug-likeness (QED) is 0.788. The summed E-state index contributed by atoms with van der Waals surface area (Å²) in [4.78, 5) is 13.3. The van der Waals surface area contributed by atoms with Gasteiger partial charge in [0.15, 0.2) is 0 Å². The zero-order valence-electron chi connectivity index (χ0n) is 10.1. The fourth-order valence-electron chi connectivity index (χ4n) is 1.56. The number of phenols is 2. The van der Waals surface area contributed by atoms with Crippen molar-refractivity contribution in [1.82, 2.24) is 0 Å². The maximum absolute atomic E-state index is 11.9. The second kappa shape index (κ2) is 5.39. The van der Waals surface area contributed by atoms with Gasteiger partial charge < -0.3 is 15.1 Å². The van der Waals surface area contributed by atoms with Crippen molar-refractivity contribution in [1.29, 1.82) is 0 Å². The predicted octanol–water partition coefficient (Wildman–Crippen LogP) is 2.42. The summed E-state index contributed by atoms with van der Waals surface area (Å²) >= 11 is 0. The maximum Gasteiger partial charge on any atom is 0.253 e. The lowest BCUT2D eigenvalue weighted by atomic mass is 10.2. The molecule has 0 aliphatic rings. The van der Waals surface area contributed by atoms with Crippen LogP contribution in [0.15, 0.2) is 30.4 Å². The third kappa shape index (κ3) is 2.78. The molecule has 4 heteroatoms. The molecule has 0 fully saturated rings. The molecule has 0 aliphatic carbocycles. The Morgan fingerprint density at radius 2 is 1.88 bits per heavy atom. The molecule has 0 aliphatic heterocycles. The van der Waals surface area contributed by atoms with Crippen molar-refractivity contribution in [3.63, 3.8) is 0 Å². The lowest BCUT2D eigenvalue weighted by molar-refractivity contribution is -0.115. The van der Waals surface area contributed by atoms with Crippen molar-refractivity contribution in [2.75, 3.05) is 11.4 Å². The van der Waals surface area contributed by atoms with Crippen LogP contribution in [0, 0.1) is 0 Å². The summed E-state index contributed by atoms with van der Waals surface area (Å²) in [5, 5.41) is 19.5. The SMILES string of the molecule is C=C(C)C(=O)N(CCC)c1c(O)cccc1O. The maximum atomic E-state index is 11.9. The van der Waals surface area contributed by atoms with E-state index in [2.05, 4.69) is 6.58 Å². The molecule has 0 unspecified atom stereocenters. The number of aromatic hydroxyl groups is 2. The fourth-order valence-corrected chi connectivity index (χ4v) is 1.56. The highest BCUT2D eigenvalue weighted by atomic mass is 16.3. The molecule has 1 rings (SSSR count). The molecule has 1 aromatic carbocycles. The van der Waals surface area contributed by atoms with Crippen LogP contribution in [0.4, 0.5) is 5.69 Å². The van der Waals surface area contributed by atoms with Crippen LogP contribution in [0.5, 0.6) is 11.5 Å². The highest BCUT2D eigenvalue weighted by Gasteiger charge is 2.21. The number of anilines is 1. The molecule has 1 amide bonds. The van der Waals surface area contributed by atoms with E-state index in [0.29, 0.717) is 18.5 Å². The first kappa shape index (κ1) is 13.1. The second-order valence-electron chi connectivity index (χ2n) is 3.88. The topological polar surface area (TPSA) is 60.8 Å². The van der Waals surface area contributed by atoms with Gasteiger partial charge in [0.25, 0.3) is 5.91 Å². The summed E-state index contributed by atoms with van der Waals surface area (Å²) in [6.45, 7) is 7.51. The Kier molecular flexibility index (Phi) is 4.15. The minimum atomic E-state index is -0.302. The normalized spacial score (nSPS) is 10.0. The van der Waals surface area contributed by atoms with Crippen LogP contribution in [0.1, 0.15) is 20.3 Å². The summed E-state index contributed by atoms with van der Waals surface area (Å²) in [6, 6.07) is 4.39. The Hall–Kier alpha value is -1.97. The van der Waals surface area contributed by atoms with Gasteiger partial charge in [-0.15, -0.1) is 0 Å². The molecule has 0 bridgehead atoms. The standard InChI is InChI=1S/C13H17NO3/c1-4-8-14(13(17)9(2)3)12-10(15)6-5-7-11(12)16/h5-7,15-16H,2,4,8H2,1,3H3. The first-order valence-corrected chi connectivity index (χ1v) is 5.47. The highest BCUT2D eigenvalue weighted by molar-refractivity contribution is 6.06. The lowest BCUT2D eigenvalue weighted by Gasteiger charge is -2.23. The van der Waals surface area contributed by atoms with E-state index in [1.165, 1.54) is 23.1 Å². The fraction of sp³-hybridized carbons (Fsp3) is 0.308. The molecule has 17 heavy (non-hydrogen) atoms. The molecule has 0 heterocycles. The van der Waals surface area contributed by atoms with Crippen LogP contribution in [0.25, 0.3) is 0 Å². The minimum absolute atomic E-state index is 0.118. The van der Waals surface area contributed by atoms with Crippen LogP contribution in [-0.2, 0) is 4.79 Å². The molecule has 0 atom stereocenters. The molecule has 0 aromatic heterocycles. The Labute approximate surface area is 101 Å². The van der Waals surface area contributed by atoms with Crippen molar-refractivity contribution in [2.45, 2.75) is 20.3 Å². The van der Waals surface area contributed by atoms with Crippen LogP contribution < -0.4 is 4.90 Å². The van der Waals surface area contributed by atoms with E-state index in [9.17, 15) is 15.0 Å². The van der Waals surface area contributed by atoms with E-state index in [-0.39, 0.29) is 23.1 Å². The molecular formula is C13H17NO3. The Balaban J connectivity index is 3.23. The smallest absolute Gasteiger partial charge is 0.253 e. The van der Waals surface area contributed by atoms with Crippen molar-refractivity contribution in [2.24, 2.45) is 0 Å². The first-order valence-electron chi connectivity index (χ1n) is 5.47. The third-order valence-electron chi connectivity index (χ3n) is 2.32. The van der Waals surface area contributed by atoms with Crippen LogP contribution in [0.3, 0.4) is 0 Å². The number of phenolic OH excluding ortho intramolecular Hbond substituents is 2. The zero-order chi connectivity index (χ0) is 13.0. The number of hydrogen-bond donors (Lipinski definition) is 2. The summed E-state index contributed by atoms with van der Waals surface area (Å²) < 4.78 is 0. The van der Waals surface area contributed by atoms with Gasteiger partial charge in [-0.3, -0.25) is 4.79 Å². The molecule has 92 valence electrons. The highest BCUT2D eigenvalue weighted by Crippen LogP contribution is 2.36. The van der Waals surface area contributed by atoms with Gasteiger partial charge in [-0.1, -0.05) is 19.6 Å². The van der Waals surface area contributed by atoms with E-state index in [1.807, 2.05) is 6.92 Å². The van der Waals surface area contributed by atoms with E-state index in [1.54, 1.807) is 6.92 Å². The number of nitrogens with zero attached hydrogens (tertiary/aromatic N) is 1. The van der Waals surface area contributed by atoms with Crippen LogP contribution >= 0.6 is 0 Å². The van der Waals surface area contributed by atoms with Crippen LogP contribution in [0.2, 0.25) is 0 Å². The second-order valence-corrected chi connectivity index (χ2v) is 3.88. The third-order valence-corrected chi connectivity index (χ3v) is 2.32. The number of amides is 1. The average molecular weight is 235 g/mol. The monoisotopic (exact) mass is 235 g/mol. The van der Waals surface area contributed by atoms with Crippen molar-refractivity contribution in [3.05, 3.63) is 30.4 Å². The van der Waals surface area contributed by atoms with Crippen molar-refractivity contribution >= 4 is 11.6 Å². The van der Waals surface area contributed by atoms with Gasteiger partial charge in [-0.25, -0.2) is 0 Å². The van der Waals surface area contributed by atoms with Gasteiger partial charge in [0.2, 0.25) is 0 Å². The Morgan fingerprint density at radius 1 is 1.35 bits per heavy atom.